The molecule has 29 heavy (non-hydrogen) atoms. The highest BCUT2D eigenvalue weighted by molar-refractivity contribution is 14.1. The fraction of sp³-hybridized carbons (Fsp3) is 0.0909. The van der Waals surface area contributed by atoms with Crippen molar-refractivity contribution in [3.63, 3.8) is 0 Å². The predicted molar refractivity (Wildman–Crippen MR) is 127 cm³/mol. The zero-order valence-electron chi connectivity index (χ0n) is 15.6. The first-order valence-corrected chi connectivity index (χ1v) is 10.5. The summed E-state index contributed by atoms with van der Waals surface area (Å²) < 4.78 is 2.97. The molecule has 0 bridgehead atoms. The summed E-state index contributed by atoms with van der Waals surface area (Å²) >= 11 is 14.4. The second kappa shape index (κ2) is 9.04. The highest BCUT2D eigenvalue weighted by Gasteiger charge is 2.15. The first-order valence-electron chi connectivity index (χ1n) is 8.62. The lowest BCUT2D eigenvalue weighted by atomic mass is 10.1. The van der Waals surface area contributed by atoms with E-state index in [4.69, 9.17) is 23.2 Å². The van der Waals surface area contributed by atoms with Crippen LogP contribution in [-0.4, -0.2) is 10.5 Å². The summed E-state index contributed by atoms with van der Waals surface area (Å²) in [5.41, 5.74) is 4.06. The minimum Gasteiger partial charge on any atom is -0.321 e. The first-order chi connectivity index (χ1) is 13.8. The number of carbonyl (C=O) groups is 1. The second-order valence-corrected chi connectivity index (χ2v) is 8.54. The van der Waals surface area contributed by atoms with Gasteiger partial charge in [0.15, 0.2) is 0 Å². The number of carbonyl (C=O) groups excluding carboxylic acids is 1. The van der Waals surface area contributed by atoms with E-state index in [0.717, 1.165) is 26.2 Å². The molecule has 146 valence electrons. The Balaban J connectivity index is 1.96. The lowest BCUT2D eigenvalue weighted by molar-refractivity contribution is -0.112. The summed E-state index contributed by atoms with van der Waals surface area (Å²) in [6.07, 6.45) is 1.59. The quantitative estimate of drug-likeness (QED) is 0.234. The molecular weight excluding hydrogens is 520 g/mol. The number of halogens is 3. The van der Waals surface area contributed by atoms with Gasteiger partial charge in [-0.15, -0.1) is 0 Å². The van der Waals surface area contributed by atoms with Crippen LogP contribution in [0, 0.1) is 28.7 Å². The van der Waals surface area contributed by atoms with Gasteiger partial charge in [0.2, 0.25) is 0 Å². The van der Waals surface area contributed by atoms with Crippen molar-refractivity contribution in [1.29, 1.82) is 5.26 Å². The summed E-state index contributed by atoms with van der Waals surface area (Å²) in [5, 5.41) is 13.4. The molecule has 1 heterocycles. The van der Waals surface area contributed by atoms with Crippen molar-refractivity contribution in [1.82, 2.24) is 4.57 Å². The van der Waals surface area contributed by atoms with Gasteiger partial charge in [-0.3, -0.25) is 4.79 Å². The number of anilines is 1. The van der Waals surface area contributed by atoms with Crippen molar-refractivity contribution in [2.75, 3.05) is 5.32 Å². The van der Waals surface area contributed by atoms with Gasteiger partial charge in [-0.2, -0.15) is 5.26 Å². The molecule has 0 saturated heterocycles. The highest BCUT2D eigenvalue weighted by Crippen LogP contribution is 2.27. The van der Waals surface area contributed by atoms with Crippen molar-refractivity contribution in [3.05, 3.63) is 84.7 Å². The van der Waals surface area contributed by atoms with Gasteiger partial charge in [0.1, 0.15) is 11.6 Å². The lowest BCUT2D eigenvalue weighted by Crippen LogP contribution is -2.13. The van der Waals surface area contributed by atoms with Crippen molar-refractivity contribution in [3.8, 4) is 11.8 Å². The topological polar surface area (TPSA) is 57.8 Å². The molecule has 0 spiro atoms. The lowest BCUT2D eigenvalue weighted by Gasteiger charge is -2.11. The maximum atomic E-state index is 12.6. The maximum Gasteiger partial charge on any atom is 0.266 e. The molecule has 2 aromatic carbocycles. The van der Waals surface area contributed by atoms with E-state index in [2.05, 4.69) is 27.9 Å². The van der Waals surface area contributed by atoms with Gasteiger partial charge < -0.3 is 9.88 Å². The van der Waals surface area contributed by atoms with Crippen LogP contribution in [-0.2, 0) is 4.79 Å². The van der Waals surface area contributed by atoms with Gasteiger partial charge in [-0.1, -0.05) is 29.3 Å². The minimum atomic E-state index is -0.454. The average molecular weight is 536 g/mol. The first kappa shape index (κ1) is 21.4. The molecular formula is C22H16Cl2IN3O. The number of rotatable bonds is 4. The van der Waals surface area contributed by atoms with E-state index in [1.807, 2.05) is 60.9 Å². The van der Waals surface area contributed by atoms with E-state index in [0.29, 0.717) is 15.7 Å². The molecule has 0 aliphatic rings. The van der Waals surface area contributed by atoms with E-state index >= 15 is 0 Å². The van der Waals surface area contributed by atoms with E-state index in [-0.39, 0.29) is 5.57 Å². The molecule has 1 N–H and O–H groups in total. The molecule has 0 radical (unpaired) electrons. The molecule has 0 atom stereocenters. The van der Waals surface area contributed by atoms with Crippen LogP contribution in [0.5, 0.6) is 0 Å². The number of nitrogens with one attached hydrogen (secondary N) is 1. The Bertz CT molecular complexity index is 1160. The van der Waals surface area contributed by atoms with Crippen LogP contribution in [0.1, 0.15) is 17.0 Å². The number of aromatic nitrogens is 1. The number of hydrogen-bond acceptors (Lipinski definition) is 2. The van der Waals surface area contributed by atoms with Crippen molar-refractivity contribution < 1.29 is 4.79 Å². The molecule has 3 rings (SSSR count). The number of nitriles is 1. The SMILES string of the molecule is Cc1cc(/C=C(\C#N)C(=O)Nc2cccc(I)c2)c(C)n1-c1cc(Cl)cc(Cl)c1. The van der Waals surface area contributed by atoms with Gasteiger partial charge in [-0.05, 0) is 90.5 Å². The molecule has 7 heteroatoms. The maximum absolute atomic E-state index is 12.6. The summed E-state index contributed by atoms with van der Waals surface area (Å²) in [6.45, 7) is 3.86. The van der Waals surface area contributed by atoms with E-state index in [9.17, 15) is 10.1 Å². The van der Waals surface area contributed by atoms with Gasteiger partial charge in [0.05, 0.1) is 0 Å². The van der Waals surface area contributed by atoms with Crippen molar-refractivity contribution >= 4 is 63.5 Å². The predicted octanol–water partition coefficient (Wildman–Crippen LogP) is 6.55. The molecule has 0 unspecified atom stereocenters. The van der Waals surface area contributed by atoms with Gasteiger partial charge in [0, 0.05) is 36.4 Å². The van der Waals surface area contributed by atoms with Gasteiger partial charge in [0.25, 0.3) is 5.91 Å². The van der Waals surface area contributed by atoms with Crippen molar-refractivity contribution in [2.45, 2.75) is 13.8 Å². The summed E-state index contributed by atoms with van der Waals surface area (Å²) in [7, 11) is 0. The Morgan fingerprint density at radius 2 is 1.83 bits per heavy atom. The van der Waals surface area contributed by atoms with Crippen LogP contribution in [0.3, 0.4) is 0 Å². The summed E-state index contributed by atoms with van der Waals surface area (Å²) in [4.78, 5) is 12.6. The van der Waals surface area contributed by atoms with Crippen molar-refractivity contribution in [2.24, 2.45) is 0 Å². The Hall–Kier alpha value is -2.27. The molecule has 0 fully saturated rings. The molecule has 3 aromatic rings. The number of amides is 1. The monoisotopic (exact) mass is 535 g/mol. The number of aryl methyl sites for hydroxylation is 1. The number of hydrogen-bond donors (Lipinski definition) is 1. The molecule has 4 nitrogen and oxygen atoms in total. The van der Waals surface area contributed by atoms with Gasteiger partial charge in [-0.25, -0.2) is 0 Å². The average Bonchev–Trinajstić information content (AvgIpc) is 2.92. The zero-order chi connectivity index (χ0) is 21.1. The third-order valence-corrected chi connectivity index (χ3v) is 5.43. The van der Waals surface area contributed by atoms with Crippen LogP contribution in [0.25, 0.3) is 11.8 Å². The molecule has 0 aliphatic heterocycles. The van der Waals surface area contributed by atoms with E-state index in [1.54, 1.807) is 18.2 Å². The van der Waals surface area contributed by atoms with Gasteiger partial charge >= 0.3 is 0 Å². The molecule has 1 aromatic heterocycles. The van der Waals surface area contributed by atoms with E-state index in [1.165, 1.54) is 0 Å². The van der Waals surface area contributed by atoms with Crippen LogP contribution >= 0.6 is 45.8 Å². The fourth-order valence-electron chi connectivity index (χ4n) is 3.07. The summed E-state index contributed by atoms with van der Waals surface area (Å²) in [5.74, 6) is -0.454. The normalized spacial score (nSPS) is 11.2. The third kappa shape index (κ3) is 5.02. The Labute approximate surface area is 192 Å². The number of nitrogens with zero attached hydrogens (tertiary/aromatic N) is 2. The van der Waals surface area contributed by atoms with Crippen LogP contribution in [0.2, 0.25) is 10.0 Å². The zero-order valence-corrected chi connectivity index (χ0v) is 19.3. The fourth-order valence-corrected chi connectivity index (χ4v) is 4.13. The highest BCUT2D eigenvalue weighted by atomic mass is 127. The second-order valence-electron chi connectivity index (χ2n) is 6.42. The molecule has 0 saturated carbocycles. The molecule has 1 amide bonds. The molecule has 0 aliphatic carbocycles. The van der Waals surface area contributed by atoms with E-state index < -0.39 is 5.91 Å². The standard InChI is InChI=1S/C22H16Cl2IN3O/c1-13-6-15(14(2)28(13)21-9-17(23)8-18(24)10-21)7-16(12-26)22(29)27-20-5-3-4-19(25)11-20/h3-11H,1-2H3,(H,27,29)/b16-7+. The van der Waals surface area contributed by atoms with Crippen LogP contribution in [0.15, 0.2) is 54.1 Å². The Morgan fingerprint density at radius 3 is 2.45 bits per heavy atom. The smallest absolute Gasteiger partial charge is 0.266 e. The Morgan fingerprint density at radius 1 is 1.14 bits per heavy atom. The third-order valence-electron chi connectivity index (χ3n) is 4.32. The largest absolute Gasteiger partial charge is 0.321 e. The number of benzene rings is 2. The minimum absolute atomic E-state index is 0.0215. The van der Waals surface area contributed by atoms with Crippen LogP contribution < -0.4 is 5.32 Å². The van der Waals surface area contributed by atoms with Crippen LogP contribution in [0.4, 0.5) is 5.69 Å². The Kier molecular flexibility index (Phi) is 6.68. The summed E-state index contributed by atoms with van der Waals surface area (Å²) in [6, 6.07) is 16.6.